The number of hydrogen-bond donors (Lipinski definition) is 3. The summed E-state index contributed by atoms with van der Waals surface area (Å²) in [6.07, 6.45) is 2.50. The van der Waals surface area contributed by atoms with E-state index in [1.807, 2.05) is 13.2 Å². The molecule has 2 aromatic carbocycles. The van der Waals surface area contributed by atoms with Crippen LogP contribution in [0.4, 0.5) is 0 Å². The zero-order valence-electron chi connectivity index (χ0n) is 14.9. The molecule has 7 heteroatoms. The van der Waals surface area contributed by atoms with E-state index in [1.165, 1.54) is 0 Å². The summed E-state index contributed by atoms with van der Waals surface area (Å²) in [5, 5.41) is 12.1. The van der Waals surface area contributed by atoms with Gasteiger partial charge in [0.25, 0.3) is 5.91 Å². The molecule has 1 radical (unpaired) electrons. The Labute approximate surface area is 167 Å². The third kappa shape index (κ3) is 4.73. The highest BCUT2D eigenvalue weighted by Gasteiger charge is 2.27. The first-order chi connectivity index (χ1) is 12.9. The topological polar surface area (TPSA) is 83.5 Å². The molecule has 0 heterocycles. The quantitative estimate of drug-likeness (QED) is 0.460. The summed E-state index contributed by atoms with van der Waals surface area (Å²) < 4.78 is 0. The van der Waals surface area contributed by atoms with Crippen molar-refractivity contribution in [2.24, 2.45) is 5.92 Å². The summed E-state index contributed by atoms with van der Waals surface area (Å²) in [4.78, 5) is 36.2. The van der Waals surface area contributed by atoms with Crippen LogP contribution in [0.1, 0.15) is 36.2 Å². The Morgan fingerprint density at radius 1 is 1.19 bits per heavy atom. The third-order valence-corrected chi connectivity index (χ3v) is 5.61. The maximum atomic E-state index is 12.9. The van der Waals surface area contributed by atoms with Gasteiger partial charge in [-0.2, -0.15) is 0 Å². The molecule has 0 aliphatic rings. The molecule has 27 heavy (non-hydrogen) atoms. The third-order valence-electron chi connectivity index (χ3n) is 4.44. The minimum absolute atomic E-state index is 0.213. The van der Waals surface area contributed by atoms with Crippen LogP contribution >= 0.6 is 22.5 Å². The summed E-state index contributed by atoms with van der Waals surface area (Å²) in [6, 6.07) is 11.0. The Morgan fingerprint density at radius 3 is 2.44 bits per heavy atom. The number of thiol groups is 1. The minimum atomic E-state index is -1.07. The van der Waals surface area contributed by atoms with Crippen LogP contribution < -0.4 is 5.32 Å². The van der Waals surface area contributed by atoms with Crippen molar-refractivity contribution in [1.29, 1.82) is 0 Å². The maximum absolute atomic E-state index is 12.9. The van der Waals surface area contributed by atoms with Gasteiger partial charge in [0, 0.05) is 16.0 Å². The van der Waals surface area contributed by atoms with Gasteiger partial charge in [-0.1, -0.05) is 61.4 Å². The van der Waals surface area contributed by atoms with E-state index in [4.69, 9.17) is 0 Å². The van der Waals surface area contributed by atoms with Gasteiger partial charge in [0.05, 0.1) is 0 Å². The normalized spacial score (nSPS) is 12.9. The van der Waals surface area contributed by atoms with Gasteiger partial charge in [0.2, 0.25) is 6.29 Å². The summed E-state index contributed by atoms with van der Waals surface area (Å²) >= 11 is 4.22. The first-order valence-electron chi connectivity index (χ1n) is 8.40. The van der Waals surface area contributed by atoms with Gasteiger partial charge >= 0.3 is 5.97 Å². The number of carbonyl (C=O) groups is 2. The van der Waals surface area contributed by atoms with Gasteiger partial charge in [-0.3, -0.25) is 9.59 Å². The van der Waals surface area contributed by atoms with Gasteiger partial charge in [-0.25, -0.2) is 4.79 Å². The lowest BCUT2D eigenvalue weighted by Crippen LogP contribution is -2.45. The Bertz CT molecular complexity index is 854. The van der Waals surface area contributed by atoms with Gasteiger partial charge in [0.1, 0.15) is 6.04 Å². The molecule has 2 aromatic rings. The van der Waals surface area contributed by atoms with E-state index in [0.29, 0.717) is 33.6 Å². The molecule has 5 nitrogen and oxygen atoms in total. The molecule has 0 bridgehead atoms. The molecule has 0 saturated heterocycles. The van der Waals surface area contributed by atoms with E-state index >= 15 is 0 Å². The van der Waals surface area contributed by atoms with Crippen molar-refractivity contribution in [3.8, 4) is 11.1 Å². The summed E-state index contributed by atoms with van der Waals surface area (Å²) in [7, 11) is 1.10. The fraction of sp³-hybridized carbons (Fsp3) is 0.250. The number of carboxylic acids is 1. The molecule has 0 saturated carbocycles. The van der Waals surface area contributed by atoms with E-state index in [2.05, 4.69) is 17.0 Å². The first kappa shape index (κ1) is 21.1. The van der Waals surface area contributed by atoms with E-state index in [0.717, 1.165) is 10.8 Å². The second-order valence-corrected chi connectivity index (χ2v) is 7.23. The number of rotatable bonds is 8. The highest BCUT2D eigenvalue weighted by Crippen LogP contribution is 2.37. The predicted octanol–water partition coefficient (Wildman–Crippen LogP) is 3.98. The van der Waals surface area contributed by atoms with Crippen molar-refractivity contribution in [2.75, 3.05) is 0 Å². The molecule has 141 valence electrons. The van der Waals surface area contributed by atoms with Crippen LogP contribution in [-0.2, 0) is 9.59 Å². The number of amides is 1. The lowest BCUT2D eigenvalue weighted by molar-refractivity contribution is -0.140. The molecule has 0 aliphatic heterocycles. The van der Waals surface area contributed by atoms with Gasteiger partial charge in [0.15, 0.2) is 0 Å². The molecule has 2 rings (SSSR count). The number of carbonyl (C=O) groups excluding carboxylic acids is 2. The molecule has 2 atom stereocenters. The average molecular weight is 403 g/mol. The number of hydrogen-bond acceptors (Lipinski definition) is 5. The number of nitrogens with one attached hydrogen (secondary N) is 1. The van der Waals surface area contributed by atoms with E-state index in [9.17, 15) is 19.5 Å². The smallest absolute Gasteiger partial charge is 0.326 e. The minimum Gasteiger partial charge on any atom is -0.480 e. The Morgan fingerprint density at radius 2 is 1.85 bits per heavy atom. The molecule has 1 amide bonds. The van der Waals surface area contributed by atoms with Crippen molar-refractivity contribution in [3.05, 3.63) is 53.6 Å². The van der Waals surface area contributed by atoms with Crippen LogP contribution in [0.25, 0.3) is 11.1 Å². The van der Waals surface area contributed by atoms with Crippen molar-refractivity contribution in [2.45, 2.75) is 31.2 Å². The molecule has 0 aromatic heterocycles. The van der Waals surface area contributed by atoms with Crippen LogP contribution in [0.5, 0.6) is 0 Å². The van der Waals surface area contributed by atoms with Crippen LogP contribution in [0.3, 0.4) is 0 Å². The standard InChI is InChI=1S/C20H20NO4S2/c1-3-12(2)17(20(24)25)21-19(23)16-9-5-4-8-14(16)15-10-6-7-13(11-22)18(15)27-26/h4-10,12,17,26H,3H2,1-2H3,(H,21,23)(H,24,25). The van der Waals surface area contributed by atoms with E-state index < -0.39 is 17.9 Å². The largest absolute Gasteiger partial charge is 0.480 e. The lowest BCUT2D eigenvalue weighted by atomic mass is 9.95. The summed E-state index contributed by atoms with van der Waals surface area (Å²) in [6.45, 7) is 3.66. The average Bonchev–Trinajstić information content (AvgIpc) is 2.70. The fourth-order valence-corrected chi connectivity index (χ4v) is 3.82. The monoisotopic (exact) mass is 402 g/mol. The number of carboxylic acid groups (broad SMARTS) is 1. The SMILES string of the molecule is CCC(C)C(NC(=O)c1ccccc1-c1cccc([C]=O)c1SS)C(=O)O. The lowest BCUT2D eigenvalue weighted by Gasteiger charge is -2.21. The Balaban J connectivity index is 2.49. The predicted molar refractivity (Wildman–Crippen MR) is 110 cm³/mol. The molecule has 0 fully saturated rings. The van der Waals surface area contributed by atoms with Crippen molar-refractivity contribution >= 4 is 40.6 Å². The zero-order chi connectivity index (χ0) is 20.0. The maximum Gasteiger partial charge on any atom is 0.326 e. The molecular weight excluding hydrogens is 382 g/mol. The first-order valence-corrected chi connectivity index (χ1v) is 10.3. The van der Waals surface area contributed by atoms with Crippen molar-refractivity contribution < 1.29 is 19.5 Å². The van der Waals surface area contributed by atoms with Crippen LogP contribution in [0.15, 0.2) is 47.4 Å². The van der Waals surface area contributed by atoms with Crippen molar-refractivity contribution in [3.63, 3.8) is 0 Å². The van der Waals surface area contributed by atoms with Gasteiger partial charge in [-0.15, -0.1) is 11.7 Å². The van der Waals surface area contributed by atoms with Gasteiger partial charge in [-0.05, 0) is 29.2 Å². The van der Waals surface area contributed by atoms with Gasteiger partial charge < -0.3 is 10.4 Å². The molecule has 2 unspecified atom stereocenters. The van der Waals surface area contributed by atoms with E-state index in [-0.39, 0.29) is 5.92 Å². The van der Waals surface area contributed by atoms with Crippen LogP contribution in [0, 0.1) is 5.92 Å². The molecule has 0 spiro atoms. The fourth-order valence-electron chi connectivity index (χ4n) is 2.75. The number of benzene rings is 2. The van der Waals surface area contributed by atoms with Crippen molar-refractivity contribution in [1.82, 2.24) is 5.32 Å². The van der Waals surface area contributed by atoms with Crippen LogP contribution in [0.2, 0.25) is 0 Å². The molecule has 0 aliphatic carbocycles. The molecule has 2 N–H and O–H groups in total. The van der Waals surface area contributed by atoms with E-state index in [1.54, 1.807) is 49.4 Å². The summed E-state index contributed by atoms with van der Waals surface area (Å²) in [5.74, 6) is -1.76. The zero-order valence-corrected chi connectivity index (χ0v) is 16.6. The highest BCUT2D eigenvalue weighted by molar-refractivity contribution is 8.68. The Hall–Kier alpha value is -2.25. The molecular formula is C20H20NO4S2. The second kappa shape index (κ2) is 9.62. The number of aliphatic carboxylic acids is 1. The summed E-state index contributed by atoms with van der Waals surface area (Å²) in [5.41, 5.74) is 1.94. The van der Waals surface area contributed by atoms with Crippen LogP contribution in [-0.4, -0.2) is 29.3 Å². The second-order valence-electron chi connectivity index (χ2n) is 6.10. The Kier molecular flexibility index (Phi) is 7.50. The highest BCUT2D eigenvalue weighted by atomic mass is 33.1.